The lowest BCUT2D eigenvalue weighted by molar-refractivity contribution is -0.364. The molecular weight excluding hydrogens is 444 g/mol. The molecule has 1 atom stereocenters. The molecule has 0 spiro atoms. The molecule has 0 amide bonds. The Balaban J connectivity index is 6.94. The fourth-order valence-electron chi connectivity index (χ4n) is 2.06. The molecule has 0 aromatic heterocycles. The van der Waals surface area contributed by atoms with Crippen LogP contribution in [0.2, 0.25) is 0 Å². The fourth-order valence-corrected chi connectivity index (χ4v) is 2.42. The van der Waals surface area contributed by atoms with Gasteiger partial charge >= 0.3 is 35.8 Å². The molecule has 12 heteroatoms. The van der Waals surface area contributed by atoms with Crippen LogP contribution in [-0.2, 0) is 52.1 Å². The third-order valence-corrected chi connectivity index (χ3v) is 4.29. The summed E-state index contributed by atoms with van der Waals surface area (Å²) in [5.41, 5.74) is 0. The molecule has 0 fully saturated rings. The summed E-state index contributed by atoms with van der Waals surface area (Å²) in [5, 5.41) is 0. The minimum atomic E-state index is -2.95. The average molecular weight is 468 g/mol. The van der Waals surface area contributed by atoms with Crippen molar-refractivity contribution < 1.29 is 52.1 Å². The monoisotopic (exact) mass is 468 g/mol. The van der Waals surface area contributed by atoms with E-state index in [0.717, 1.165) is 12.2 Å². The third-order valence-electron chi connectivity index (χ3n) is 3.58. The van der Waals surface area contributed by atoms with Gasteiger partial charge in [0, 0.05) is 30.4 Å². The van der Waals surface area contributed by atoms with Crippen molar-refractivity contribution in [3.05, 3.63) is 63.3 Å². The van der Waals surface area contributed by atoms with Crippen LogP contribution in [0.5, 0.6) is 0 Å². The first-order valence-electron chi connectivity index (χ1n) is 8.76. The van der Waals surface area contributed by atoms with Crippen molar-refractivity contribution >= 4 is 40.3 Å². The van der Waals surface area contributed by atoms with Gasteiger partial charge in [0.25, 0.3) is 5.79 Å². The largest absolute Gasteiger partial charge is 0.432 e. The number of ether oxygens (including phenoxy) is 5. The lowest BCUT2D eigenvalue weighted by Gasteiger charge is -2.41. The van der Waals surface area contributed by atoms with E-state index in [1.807, 2.05) is 0 Å². The van der Waals surface area contributed by atoms with Crippen molar-refractivity contribution in [2.24, 2.45) is 0 Å². The first-order chi connectivity index (χ1) is 15.0. The Morgan fingerprint density at radius 3 is 1.22 bits per heavy atom. The molecule has 1 unspecified atom stereocenters. The van der Waals surface area contributed by atoms with Crippen molar-refractivity contribution in [3.63, 3.8) is 0 Å². The van der Waals surface area contributed by atoms with Crippen molar-refractivity contribution in [3.8, 4) is 0 Å². The molecule has 0 aliphatic heterocycles. The maximum atomic E-state index is 12.1. The Kier molecular flexibility index (Phi) is 11.3. The number of hydrogen-bond acceptors (Lipinski definition) is 11. The molecule has 0 radical (unpaired) electrons. The van der Waals surface area contributed by atoms with Crippen LogP contribution in [0, 0.1) is 0 Å². The van der Waals surface area contributed by atoms with Gasteiger partial charge in [-0.15, -0.1) is 0 Å². The average Bonchev–Trinajstić information content (AvgIpc) is 2.77. The second kappa shape index (κ2) is 12.8. The van der Waals surface area contributed by atoms with E-state index in [0.29, 0.717) is 18.2 Å². The van der Waals surface area contributed by atoms with Crippen LogP contribution in [0.1, 0.15) is 13.3 Å². The van der Waals surface area contributed by atoms with Gasteiger partial charge in [-0.25, -0.2) is 24.0 Å². The predicted molar refractivity (Wildman–Crippen MR) is 112 cm³/mol. The van der Waals surface area contributed by atoms with Gasteiger partial charge in [-0.3, -0.25) is 0 Å². The van der Waals surface area contributed by atoms with Crippen LogP contribution in [0.25, 0.3) is 0 Å². The maximum absolute atomic E-state index is 12.1. The van der Waals surface area contributed by atoms with E-state index in [2.05, 4.69) is 32.9 Å². The summed E-state index contributed by atoms with van der Waals surface area (Å²) in [5.74, 6) is -11.3. The van der Waals surface area contributed by atoms with Crippen molar-refractivity contribution in [1.82, 2.24) is 0 Å². The van der Waals surface area contributed by atoms with Crippen molar-refractivity contribution in [1.29, 1.82) is 0 Å². The Morgan fingerprint density at radius 1 is 0.688 bits per heavy atom. The van der Waals surface area contributed by atoms with Gasteiger partial charge in [0.05, 0.1) is 0 Å². The normalized spacial score (nSPS) is 11.7. The zero-order valence-corrected chi connectivity index (χ0v) is 19.7. The van der Waals surface area contributed by atoms with Crippen molar-refractivity contribution in [2.45, 2.75) is 31.2 Å². The molecule has 174 valence electrons. The van der Waals surface area contributed by atoms with Crippen LogP contribution in [0.4, 0.5) is 0 Å². The molecule has 0 saturated heterocycles. The Bertz CT molecular complexity index is 737. The van der Waals surface area contributed by atoms with E-state index in [1.54, 1.807) is 0 Å². The second-order valence-electron chi connectivity index (χ2n) is 5.68. The van der Waals surface area contributed by atoms with E-state index in [1.165, 1.54) is 6.92 Å². The molecule has 0 N–H and O–H groups in total. The van der Waals surface area contributed by atoms with Gasteiger partial charge in [0.1, 0.15) is 23.0 Å². The molecule has 0 rings (SSSR count). The quantitative estimate of drug-likeness (QED) is 0.148. The molecule has 0 aliphatic carbocycles. The molecule has 0 heterocycles. The summed E-state index contributed by atoms with van der Waals surface area (Å²) < 4.78 is 30.7. The lowest BCUT2D eigenvalue weighted by Crippen LogP contribution is -2.58. The van der Waals surface area contributed by atoms with E-state index in [9.17, 15) is 24.0 Å². The molecular formula is C20H24O11Si. The van der Waals surface area contributed by atoms with E-state index < -0.39 is 54.1 Å². The number of hydrogen-bond donors (Lipinski definition) is 0. The minimum absolute atomic E-state index is 0.0394. The summed E-state index contributed by atoms with van der Waals surface area (Å²) in [6.45, 7) is 17.4. The minimum Gasteiger partial charge on any atom is -0.418 e. The number of carbonyl (C=O) groups excluding carboxylic acids is 5. The van der Waals surface area contributed by atoms with E-state index in [-0.39, 0.29) is 10.5 Å². The first kappa shape index (κ1) is 28.2. The van der Waals surface area contributed by atoms with Crippen LogP contribution in [-0.4, -0.2) is 58.2 Å². The summed E-state index contributed by atoms with van der Waals surface area (Å²) >= 11 is 0. The highest BCUT2D eigenvalue weighted by Gasteiger charge is 2.57. The van der Waals surface area contributed by atoms with E-state index in [4.69, 9.17) is 28.1 Å². The topological polar surface area (TPSA) is 141 Å². The maximum Gasteiger partial charge on any atom is 0.432 e. The Hall–Kier alpha value is -3.77. The molecule has 0 saturated carbocycles. The molecule has 0 bridgehead atoms. The molecule has 32 heavy (non-hydrogen) atoms. The zero-order valence-electron chi connectivity index (χ0n) is 17.7. The number of esters is 5. The van der Waals surface area contributed by atoms with Gasteiger partial charge < -0.3 is 28.1 Å². The van der Waals surface area contributed by atoms with Gasteiger partial charge in [-0.2, -0.15) is 0 Å². The van der Waals surface area contributed by atoms with Crippen LogP contribution in [0.3, 0.4) is 0 Å². The SMILES string of the molecule is C=CC(=O)OC(CC(OC(=O)C=C)(OC(=O)C=C)C(C)O[SiH3])(OC(=O)C=C)OC(=O)C=C. The lowest BCUT2D eigenvalue weighted by atomic mass is 10.0. The molecule has 0 aliphatic rings. The number of rotatable bonds is 14. The Morgan fingerprint density at radius 2 is 0.969 bits per heavy atom. The first-order valence-corrected chi connectivity index (χ1v) is 9.58. The van der Waals surface area contributed by atoms with Gasteiger partial charge in [-0.1, -0.05) is 32.9 Å². The second-order valence-corrected chi connectivity index (χ2v) is 6.15. The molecule has 11 nitrogen and oxygen atoms in total. The summed E-state index contributed by atoms with van der Waals surface area (Å²) in [6, 6.07) is 0. The summed E-state index contributed by atoms with van der Waals surface area (Å²) in [4.78, 5) is 60.1. The molecule has 0 aromatic carbocycles. The van der Waals surface area contributed by atoms with Crippen LogP contribution < -0.4 is 0 Å². The zero-order chi connectivity index (χ0) is 24.9. The molecule has 0 aromatic rings. The smallest absolute Gasteiger partial charge is 0.418 e. The third kappa shape index (κ3) is 8.16. The summed E-state index contributed by atoms with van der Waals surface area (Å²) in [6.07, 6.45) is 1.13. The summed E-state index contributed by atoms with van der Waals surface area (Å²) in [7, 11) is 0.0394. The standard InChI is InChI=1S/C20H24O11Si/c1-7-14(21)26-19(13(6)31-32,27-15(22)8-2)12-20(28-16(23)9-3,29-17(24)10-4)30-18(25)11-5/h7-11,13H,1-5,12H2,6,32H3. The predicted octanol–water partition coefficient (Wildman–Crippen LogP) is 0.0581. The van der Waals surface area contributed by atoms with Gasteiger partial charge in [-0.05, 0) is 6.92 Å². The van der Waals surface area contributed by atoms with Gasteiger partial charge in [0.2, 0.25) is 0 Å². The Labute approximate surface area is 187 Å². The van der Waals surface area contributed by atoms with Crippen LogP contribution in [0.15, 0.2) is 63.3 Å². The van der Waals surface area contributed by atoms with Crippen LogP contribution >= 0.6 is 0 Å². The fraction of sp³-hybridized carbons (Fsp3) is 0.250. The highest BCUT2D eigenvalue weighted by atomic mass is 28.2. The van der Waals surface area contributed by atoms with Crippen molar-refractivity contribution in [2.75, 3.05) is 0 Å². The highest BCUT2D eigenvalue weighted by Crippen LogP contribution is 2.36. The number of carbonyl (C=O) groups is 5. The van der Waals surface area contributed by atoms with Gasteiger partial charge in [0.15, 0.2) is 0 Å². The highest BCUT2D eigenvalue weighted by molar-refractivity contribution is 5.98. The van der Waals surface area contributed by atoms with E-state index >= 15 is 0 Å².